The third kappa shape index (κ3) is 2.73. The molecule has 1 aromatic carbocycles. The van der Waals surface area contributed by atoms with Gasteiger partial charge in [-0.05, 0) is 38.4 Å². The number of fused-ring (bicyclic) bond motifs is 3. The topological polar surface area (TPSA) is 181 Å². The predicted molar refractivity (Wildman–Crippen MR) is 109 cm³/mol. The van der Waals surface area contributed by atoms with E-state index in [-0.39, 0.29) is 30.7 Å². The van der Waals surface area contributed by atoms with Crippen molar-refractivity contribution < 1.29 is 34.2 Å². The molecule has 32 heavy (non-hydrogen) atoms. The van der Waals surface area contributed by atoms with E-state index >= 15 is 0 Å². The van der Waals surface area contributed by atoms with E-state index in [4.69, 9.17) is 11.5 Å². The van der Waals surface area contributed by atoms with Crippen LogP contribution in [0.5, 0.6) is 5.75 Å². The number of phenols is 1. The number of nitrogens with zero attached hydrogens (tertiary/aromatic N) is 1. The number of hydrogen-bond acceptors (Lipinski definition) is 9. The minimum atomic E-state index is -2.71. The highest BCUT2D eigenvalue weighted by Gasteiger charge is 2.69. The van der Waals surface area contributed by atoms with Crippen molar-refractivity contribution in [2.45, 2.75) is 31.0 Å². The van der Waals surface area contributed by atoms with Crippen LogP contribution in [0.25, 0.3) is 0 Å². The monoisotopic (exact) mass is 443 g/mol. The van der Waals surface area contributed by atoms with E-state index in [0.717, 1.165) is 0 Å². The summed E-state index contributed by atoms with van der Waals surface area (Å²) in [5, 5.41) is 22.0. The van der Waals surface area contributed by atoms with Gasteiger partial charge in [-0.3, -0.25) is 28.9 Å². The zero-order valence-corrected chi connectivity index (χ0v) is 17.7. The molecule has 10 heteroatoms. The molecule has 170 valence electrons. The number of carbonyl (C=O) groups is 5. The predicted octanol–water partition coefficient (Wildman–Crippen LogP) is -1.67. The van der Waals surface area contributed by atoms with Crippen molar-refractivity contribution in [3.8, 4) is 5.75 Å². The molecule has 4 rings (SSSR count). The number of rotatable bonds is 3. The van der Waals surface area contributed by atoms with E-state index in [1.165, 1.54) is 4.90 Å². The molecular weight excluding hydrogens is 418 g/mol. The van der Waals surface area contributed by atoms with Gasteiger partial charge in [0.1, 0.15) is 5.75 Å². The second-order valence-corrected chi connectivity index (χ2v) is 9.10. The van der Waals surface area contributed by atoms with Gasteiger partial charge in [-0.2, -0.15) is 0 Å². The number of nitrogens with two attached hydrogens (primary N) is 2. The number of likely N-dealkylation sites (N-methyl/N-ethyl adjacent to an activating group) is 1. The Hall–Kier alpha value is -2.95. The van der Waals surface area contributed by atoms with Gasteiger partial charge in [0, 0.05) is 18.0 Å². The van der Waals surface area contributed by atoms with Crippen LogP contribution in [0.4, 0.5) is 0 Å². The third-order valence-electron chi connectivity index (χ3n) is 7.24. The van der Waals surface area contributed by atoms with Crippen molar-refractivity contribution in [2.24, 2.45) is 35.1 Å². The van der Waals surface area contributed by atoms with E-state index in [0.29, 0.717) is 11.1 Å². The van der Waals surface area contributed by atoms with Crippen LogP contribution in [0.2, 0.25) is 0 Å². The maximum atomic E-state index is 13.6. The van der Waals surface area contributed by atoms with Crippen molar-refractivity contribution in [1.82, 2.24) is 4.90 Å². The molecule has 2 fully saturated rings. The van der Waals surface area contributed by atoms with Crippen LogP contribution in [-0.2, 0) is 32.1 Å². The first-order valence-corrected chi connectivity index (χ1v) is 10.3. The summed E-state index contributed by atoms with van der Waals surface area (Å²) in [5.74, 6) is -10.5. The van der Waals surface area contributed by atoms with E-state index in [2.05, 4.69) is 0 Å². The Bertz CT molecular complexity index is 1080. The molecule has 6 atom stereocenters. The lowest BCUT2D eigenvalue weighted by molar-refractivity contribution is -0.181. The van der Waals surface area contributed by atoms with Gasteiger partial charge in [0.25, 0.3) is 0 Å². The summed E-state index contributed by atoms with van der Waals surface area (Å²) in [7, 11) is 3.09. The molecule has 2 saturated carbocycles. The maximum absolute atomic E-state index is 13.6. The minimum absolute atomic E-state index is 0.0220. The molecule has 0 bridgehead atoms. The molecule has 0 aliphatic heterocycles. The number of benzene rings is 1. The van der Waals surface area contributed by atoms with Gasteiger partial charge in [0.05, 0.1) is 17.5 Å². The fraction of sp³-hybridized carbons (Fsp3) is 0.500. The highest BCUT2D eigenvalue weighted by Crippen LogP contribution is 2.50. The number of Topliss-reactive ketones (excluding diaryl/α,β-unsaturated/α-hetero) is 4. The lowest BCUT2D eigenvalue weighted by Crippen LogP contribution is -2.74. The van der Waals surface area contributed by atoms with Gasteiger partial charge in [0.2, 0.25) is 5.91 Å². The van der Waals surface area contributed by atoms with Gasteiger partial charge < -0.3 is 21.7 Å². The number of phenolic OH excluding ortho intramolecular Hbond substituents is 1. The summed E-state index contributed by atoms with van der Waals surface area (Å²) in [4.78, 5) is 66.4. The quantitative estimate of drug-likeness (QED) is 0.397. The molecule has 1 aromatic rings. The molecule has 0 saturated heterocycles. The Morgan fingerprint density at radius 1 is 1.19 bits per heavy atom. The Balaban J connectivity index is 1.86. The molecule has 6 N–H and O–H groups in total. The zero-order valence-electron chi connectivity index (χ0n) is 17.7. The highest BCUT2D eigenvalue weighted by molar-refractivity contribution is 6.32. The van der Waals surface area contributed by atoms with E-state index in [1.54, 1.807) is 26.2 Å². The highest BCUT2D eigenvalue weighted by atomic mass is 16.3. The average Bonchev–Trinajstić information content (AvgIpc) is 2.70. The van der Waals surface area contributed by atoms with Gasteiger partial charge in [-0.1, -0.05) is 12.1 Å². The van der Waals surface area contributed by atoms with E-state index in [1.807, 2.05) is 0 Å². The molecule has 5 unspecified atom stereocenters. The first kappa shape index (κ1) is 22.3. The van der Waals surface area contributed by atoms with Crippen molar-refractivity contribution in [2.75, 3.05) is 14.1 Å². The van der Waals surface area contributed by atoms with Gasteiger partial charge in [0.15, 0.2) is 34.7 Å². The molecular formula is C22H25N3O7. The third-order valence-corrected chi connectivity index (χ3v) is 7.24. The number of amides is 1. The Morgan fingerprint density at radius 3 is 2.41 bits per heavy atom. The van der Waals surface area contributed by atoms with Crippen LogP contribution in [-0.4, -0.2) is 69.9 Å². The number of carbonyl (C=O) groups excluding carboxylic acids is 5. The van der Waals surface area contributed by atoms with Crippen LogP contribution >= 0.6 is 0 Å². The molecule has 10 nitrogen and oxygen atoms in total. The SMILES string of the molecule is CN(C)C1C(=O)C(C(N)=O)C(=O)[C@@]2(O)C(=O)C3C(=O)c4c(ccc(CN)c4O)CC3CC12. The number of hydrogen-bond donors (Lipinski definition) is 4. The van der Waals surface area contributed by atoms with Gasteiger partial charge >= 0.3 is 0 Å². The van der Waals surface area contributed by atoms with Crippen LogP contribution in [0, 0.1) is 23.7 Å². The Kier molecular flexibility index (Phi) is 5.07. The summed E-state index contributed by atoms with van der Waals surface area (Å²) < 4.78 is 0. The summed E-state index contributed by atoms with van der Waals surface area (Å²) in [6.07, 6.45) is 0.271. The Labute approximate surface area is 183 Å². The summed E-state index contributed by atoms with van der Waals surface area (Å²) >= 11 is 0. The second-order valence-electron chi connectivity index (χ2n) is 9.10. The van der Waals surface area contributed by atoms with Crippen LogP contribution < -0.4 is 11.5 Å². The van der Waals surface area contributed by atoms with E-state index in [9.17, 15) is 34.2 Å². The lowest BCUT2D eigenvalue weighted by Gasteiger charge is -2.52. The fourth-order valence-corrected chi connectivity index (χ4v) is 5.79. The summed E-state index contributed by atoms with van der Waals surface area (Å²) in [6, 6.07) is 2.17. The smallest absolute Gasteiger partial charge is 0.235 e. The molecule has 0 radical (unpaired) electrons. The fourth-order valence-electron chi connectivity index (χ4n) is 5.79. The summed E-state index contributed by atoms with van der Waals surface area (Å²) in [5.41, 5.74) is 9.00. The molecule has 3 aliphatic rings. The van der Waals surface area contributed by atoms with E-state index < -0.39 is 64.4 Å². The molecule has 0 spiro atoms. The van der Waals surface area contributed by atoms with Crippen LogP contribution in [0.3, 0.4) is 0 Å². The summed E-state index contributed by atoms with van der Waals surface area (Å²) in [6.45, 7) is -0.0220. The number of primary amides is 1. The number of aromatic hydroxyl groups is 1. The first-order chi connectivity index (χ1) is 15.0. The van der Waals surface area contributed by atoms with Crippen LogP contribution in [0.1, 0.15) is 27.9 Å². The number of ketones is 4. The van der Waals surface area contributed by atoms with Crippen molar-refractivity contribution in [1.29, 1.82) is 0 Å². The lowest BCUT2D eigenvalue weighted by atomic mass is 9.52. The maximum Gasteiger partial charge on any atom is 0.235 e. The molecule has 1 amide bonds. The van der Waals surface area contributed by atoms with Gasteiger partial charge in [-0.15, -0.1) is 0 Å². The zero-order chi connectivity index (χ0) is 23.7. The largest absolute Gasteiger partial charge is 0.507 e. The standard InChI is InChI=1S/C22H25N3O7/c1-25(2)15-11-6-10-5-8-3-4-9(7-23)16(26)12(8)17(27)13(10)19(29)22(11,32)20(30)14(18(15)28)21(24)31/h3-4,10-11,13-15,26,32H,5-7,23H2,1-2H3,(H2,24,31)/t10?,11?,13?,14?,15?,22-/m0/s1. The molecule has 0 aromatic heterocycles. The number of aliphatic hydroxyl groups is 1. The minimum Gasteiger partial charge on any atom is -0.507 e. The Morgan fingerprint density at radius 2 is 1.84 bits per heavy atom. The van der Waals surface area contributed by atoms with Crippen molar-refractivity contribution >= 4 is 29.0 Å². The van der Waals surface area contributed by atoms with Crippen molar-refractivity contribution in [3.63, 3.8) is 0 Å². The average molecular weight is 443 g/mol. The molecule has 0 heterocycles. The normalized spacial score (nSPS) is 34.2. The second kappa shape index (κ2) is 7.29. The first-order valence-electron chi connectivity index (χ1n) is 10.3. The van der Waals surface area contributed by atoms with Crippen LogP contribution in [0.15, 0.2) is 12.1 Å². The van der Waals surface area contributed by atoms with Crippen molar-refractivity contribution in [3.05, 3.63) is 28.8 Å². The van der Waals surface area contributed by atoms with Gasteiger partial charge in [-0.25, -0.2) is 0 Å². The molecule has 3 aliphatic carbocycles.